The summed E-state index contributed by atoms with van der Waals surface area (Å²) in [7, 11) is 1.71. The fourth-order valence-corrected chi connectivity index (χ4v) is 3.23. The molecule has 0 saturated heterocycles. The normalized spacial score (nSPS) is 11.7. The Kier molecular flexibility index (Phi) is 6.80. The molecule has 0 aliphatic rings. The van der Waals surface area contributed by atoms with Gasteiger partial charge < -0.3 is 14.8 Å². The first kappa shape index (κ1) is 17.0. The summed E-state index contributed by atoms with van der Waals surface area (Å²) in [6.45, 7) is 8.25. The van der Waals surface area contributed by atoms with E-state index in [0.29, 0.717) is 13.2 Å². The number of methoxy groups -OCH3 is 1. The first-order valence-corrected chi connectivity index (χ1v) is 7.83. The van der Waals surface area contributed by atoms with Gasteiger partial charge in [0.2, 0.25) is 0 Å². The molecule has 5 heteroatoms. The molecule has 108 valence electrons. The van der Waals surface area contributed by atoms with Crippen LogP contribution in [-0.2, 0) is 11.3 Å². The highest BCUT2D eigenvalue weighted by molar-refractivity contribution is 9.11. The molecule has 19 heavy (non-hydrogen) atoms. The highest BCUT2D eigenvalue weighted by atomic mass is 79.9. The Labute approximate surface area is 132 Å². The number of benzene rings is 1. The SMILES string of the molecule is CCOc1c(Br)cc(Br)cc1CNC(C)(C)COC. The van der Waals surface area contributed by atoms with Gasteiger partial charge in [-0.3, -0.25) is 0 Å². The predicted molar refractivity (Wildman–Crippen MR) is 85.8 cm³/mol. The molecule has 0 radical (unpaired) electrons. The van der Waals surface area contributed by atoms with E-state index in [0.717, 1.165) is 26.8 Å². The van der Waals surface area contributed by atoms with Crippen molar-refractivity contribution in [2.45, 2.75) is 32.9 Å². The number of hydrogen-bond donors (Lipinski definition) is 1. The van der Waals surface area contributed by atoms with Crippen molar-refractivity contribution in [2.75, 3.05) is 20.3 Å². The molecule has 3 nitrogen and oxygen atoms in total. The standard InChI is InChI=1S/C14H21Br2NO2/c1-5-19-13-10(6-11(15)7-12(13)16)8-17-14(2,3)9-18-4/h6-7,17H,5,8-9H2,1-4H3. The zero-order valence-electron chi connectivity index (χ0n) is 11.8. The zero-order chi connectivity index (χ0) is 14.5. The van der Waals surface area contributed by atoms with Crippen molar-refractivity contribution in [1.82, 2.24) is 5.32 Å². The molecule has 0 bridgehead atoms. The topological polar surface area (TPSA) is 30.5 Å². The van der Waals surface area contributed by atoms with Gasteiger partial charge in [0.05, 0.1) is 17.7 Å². The van der Waals surface area contributed by atoms with Gasteiger partial charge in [0, 0.05) is 29.2 Å². The van der Waals surface area contributed by atoms with E-state index >= 15 is 0 Å². The first-order chi connectivity index (χ1) is 8.89. The molecule has 0 fully saturated rings. The quantitative estimate of drug-likeness (QED) is 0.754. The van der Waals surface area contributed by atoms with E-state index in [1.165, 1.54) is 0 Å². The molecule has 1 N–H and O–H groups in total. The van der Waals surface area contributed by atoms with Gasteiger partial charge >= 0.3 is 0 Å². The molecule has 0 heterocycles. The summed E-state index contributed by atoms with van der Waals surface area (Å²) in [4.78, 5) is 0. The Morgan fingerprint density at radius 2 is 1.95 bits per heavy atom. The summed E-state index contributed by atoms with van der Waals surface area (Å²) >= 11 is 7.05. The molecule has 0 saturated carbocycles. The zero-order valence-corrected chi connectivity index (χ0v) is 15.0. The van der Waals surface area contributed by atoms with Crippen molar-refractivity contribution in [2.24, 2.45) is 0 Å². The van der Waals surface area contributed by atoms with Crippen LogP contribution in [-0.4, -0.2) is 25.9 Å². The van der Waals surface area contributed by atoms with Gasteiger partial charge in [0.25, 0.3) is 0 Å². The third-order valence-electron chi connectivity index (χ3n) is 2.64. The third kappa shape index (κ3) is 5.42. The van der Waals surface area contributed by atoms with Gasteiger partial charge in [0.15, 0.2) is 0 Å². The van der Waals surface area contributed by atoms with Gasteiger partial charge in [-0.05, 0) is 48.8 Å². The van der Waals surface area contributed by atoms with Crippen LogP contribution in [0.2, 0.25) is 0 Å². The van der Waals surface area contributed by atoms with Crippen molar-refractivity contribution in [3.05, 3.63) is 26.6 Å². The summed E-state index contributed by atoms with van der Waals surface area (Å²) in [6, 6.07) is 4.07. The van der Waals surface area contributed by atoms with Gasteiger partial charge in [-0.25, -0.2) is 0 Å². The van der Waals surface area contributed by atoms with Gasteiger partial charge in [-0.2, -0.15) is 0 Å². The molecular formula is C14H21Br2NO2. The van der Waals surface area contributed by atoms with Crippen LogP contribution in [0.4, 0.5) is 0 Å². The van der Waals surface area contributed by atoms with Crippen LogP contribution in [0, 0.1) is 0 Å². The maximum atomic E-state index is 5.71. The molecule has 0 amide bonds. The lowest BCUT2D eigenvalue weighted by Crippen LogP contribution is -2.42. The van der Waals surface area contributed by atoms with Gasteiger partial charge in [-0.15, -0.1) is 0 Å². The predicted octanol–water partition coefficient (Wildman–Crippen LogP) is 4.12. The molecule has 0 atom stereocenters. The number of nitrogens with one attached hydrogen (secondary N) is 1. The number of ether oxygens (including phenoxy) is 2. The average Bonchev–Trinajstić information content (AvgIpc) is 2.30. The Balaban J connectivity index is 2.87. The fourth-order valence-electron chi connectivity index (χ4n) is 1.80. The summed E-state index contributed by atoms with van der Waals surface area (Å²) in [5.74, 6) is 0.895. The maximum Gasteiger partial charge on any atom is 0.138 e. The largest absolute Gasteiger partial charge is 0.492 e. The molecule has 1 rings (SSSR count). The highest BCUT2D eigenvalue weighted by Crippen LogP contribution is 2.33. The second-order valence-electron chi connectivity index (χ2n) is 4.98. The van der Waals surface area contributed by atoms with Gasteiger partial charge in [-0.1, -0.05) is 15.9 Å². The Morgan fingerprint density at radius 3 is 2.53 bits per heavy atom. The van der Waals surface area contributed by atoms with Crippen molar-refractivity contribution < 1.29 is 9.47 Å². The number of rotatable bonds is 7. The summed E-state index contributed by atoms with van der Waals surface area (Å²) in [5, 5.41) is 3.48. The Hall–Kier alpha value is -0.100. The number of hydrogen-bond acceptors (Lipinski definition) is 3. The molecule has 1 aromatic carbocycles. The lowest BCUT2D eigenvalue weighted by atomic mass is 10.1. The Bertz CT molecular complexity index is 422. The van der Waals surface area contributed by atoms with E-state index in [1.54, 1.807) is 7.11 Å². The Morgan fingerprint density at radius 1 is 1.26 bits per heavy atom. The highest BCUT2D eigenvalue weighted by Gasteiger charge is 2.18. The van der Waals surface area contributed by atoms with E-state index in [1.807, 2.05) is 13.0 Å². The van der Waals surface area contributed by atoms with Crippen LogP contribution < -0.4 is 10.1 Å². The molecule has 0 aliphatic heterocycles. The summed E-state index contributed by atoms with van der Waals surface area (Å²) < 4.78 is 12.9. The molecule has 1 aromatic rings. The van der Waals surface area contributed by atoms with E-state index in [9.17, 15) is 0 Å². The van der Waals surface area contributed by atoms with Crippen LogP contribution in [0.1, 0.15) is 26.3 Å². The van der Waals surface area contributed by atoms with E-state index in [-0.39, 0.29) is 5.54 Å². The average molecular weight is 395 g/mol. The van der Waals surface area contributed by atoms with Crippen molar-refractivity contribution in [1.29, 1.82) is 0 Å². The first-order valence-electron chi connectivity index (χ1n) is 6.24. The van der Waals surface area contributed by atoms with Gasteiger partial charge in [0.1, 0.15) is 5.75 Å². The molecule has 0 spiro atoms. The number of halogens is 2. The minimum absolute atomic E-state index is 0.0764. The summed E-state index contributed by atoms with van der Waals surface area (Å²) in [6.07, 6.45) is 0. The summed E-state index contributed by atoms with van der Waals surface area (Å²) in [5.41, 5.74) is 1.04. The molecular weight excluding hydrogens is 374 g/mol. The van der Waals surface area contributed by atoms with E-state index in [4.69, 9.17) is 9.47 Å². The van der Waals surface area contributed by atoms with Crippen molar-refractivity contribution >= 4 is 31.9 Å². The smallest absolute Gasteiger partial charge is 0.138 e. The maximum absolute atomic E-state index is 5.71. The second-order valence-corrected chi connectivity index (χ2v) is 6.75. The van der Waals surface area contributed by atoms with Crippen molar-refractivity contribution in [3.63, 3.8) is 0 Å². The molecule has 0 aromatic heterocycles. The fraction of sp³-hybridized carbons (Fsp3) is 0.571. The monoisotopic (exact) mass is 393 g/mol. The van der Waals surface area contributed by atoms with Crippen molar-refractivity contribution in [3.8, 4) is 5.75 Å². The third-order valence-corrected chi connectivity index (χ3v) is 3.68. The van der Waals surface area contributed by atoms with E-state index < -0.39 is 0 Å². The van der Waals surface area contributed by atoms with Crippen LogP contribution in [0.25, 0.3) is 0 Å². The van der Waals surface area contributed by atoms with Crippen LogP contribution in [0.15, 0.2) is 21.1 Å². The lowest BCUT2D eigenvalue weighted by Gasteiger charge is -2.26. The van der Waals surface area contributed by atoms with E-state index in [2.05, 4.69) is 57.1 Å². The minimum atomic E-state index is -0.0764. The van der Waals surface area contributed by atoms with Crippen LogP contribution in [0.5, 0.6) is 5.75 Å². The molecule has 0 unspecified atom stereocenters. The molecule has 0 aliphatic carbocycles. The lowest BCUT2D eigenvalue weighted by molar-refractivity contribution is 0.127. The minimum Gasteiger partial charge on any atom is -0.492 e. The second kappa shape index (κ2) is 7.62. The van der Waals surface area contributed by atoms with Crippen LogP contribution in [0.3, 0.4) is 0 Å². The van der Waals surface area contributed by atoms with Crippen LogP contribution >= 0.6 is 31.9 Å².